The number of nitrogens with two attached hydrogens (primary N) is 1. The van der Waals surface area contributed by atoms with E-state index in [4.69, 9.17) is 15.1 Å². The van der Waals surface area contributed by atoms with Gasteiger partial charge in [-0.15, -0.1) is 0 Å². The minimum atomic E-state index is -3.66. The molecule has 0 aliphatic rings. The summed E-state index contributed by atoms with van der Waals surface area (Å²) in [7, 11) is -3.66. The zero-order chi connectivity index (χ0) is 22.1. The molecule has 0 saturated carbocycles. The van der Waals surface area contributed by atoms with Crippen LogP contribution in [0, 0.1) is 0 Å². The normalized spacial score (nSPS) is 11.6. The van der Waals surface area contributed by atoms with Gasteiger partial charge in [-0.2, -0.15) is 0 Å². The molecule has 2 aromatic carbocycles. The van der Waals surface area contributed by atoms with Gasteiger partial charge in [0.2, 0.25) is 9.84 Å². The van der Waals surface area contributed by atoms with Crippen molar-refractivity contribution in [1.29, 1.82) is 0 Å². The first kappa shape index (κ1) is 19.7. The van der Waals surface area contributed by atoms with E-state index in [1.807, 2.05) is 0 Å². The molecule has 5 rings (SSSR count). The molecule has 10 nitrogen and oxygen atoms in total. The molecule has 3 heterocycles. The lowest BCUT2D eigenvalue weighted by Crippen LogP contribution is -2.13. The Hall–Kier alpha value is -4.25. The molecule has 2 N–H and O–H groups in total. The molecular weight excluding hydrogens is 432 g/mol. The number of benzene rings is 2. The lowest BCUT2D eigenvalue weighted by molar-refractivity contribution is 0.310. The highest BCUT2D eigenvalue weighted by Crippen LogP contribution is 2.33. The van der Waals surface area contributed by atoms with Crippen molar-refractivity contribution in [3.05, 3.63) is 73.1 Å². The fraction of sp³-hybridized carbons (Fsp3) is 0.0476. The second-order valence-corrected chi connectivity index (χ2v) is 8.73. The van der Waals surface area contributed by atoms with Crippen molar-refractivity contribution in [2.45, 2.75) is 4.90 Å². The number of aromatic nitrogens is 5. The van der Waals surface area contributed by atoms with Crippen molar-refractivity contribution in [3.8, 4) is 23.0 Å². The number of sulfone groups is 1. The Kier molecular flexibility index (Phi) is 4.79. The second kappa shape index (κ2) is 7.78. The van der Waals surface area contributed by atoms with Crippen molar-refractivity contribution in [1.82, 2.24) is 24.8 Å². The van der Waals surface area contributed by atoms with Crippen LogP contribution in [0.2, 0.25) is 0 Å². The molecule has 0 bridgehead atoms. The third-order valence-electron chi connectivity index (χ3n) is 4.76. The standard InChI is InChI=1S/C21H16N6O4S/c22-20-19(25-31-26-20)21-24-15-12-23-11-10-16(15)27(21)17-8-4-5-9-18(17)30-13-32(28,29)14-6-2-1-3-7-14/h1-12H,13H2,(H2,22,26). The monoisotopic (exact) mass is 448 g/mol. The Morgan fingerprint density at radius 1 is 1.00 bits per heavy atom. The summed E-state index contributed by atoms with van der Waals surface area (Å²) in [6.07, 6.45) is 3.22. The third-order valence-corrected chi connectivity index (χ3v) is 6.18. The van der Waals surface area contributed by atoms with E-state index in [1.165, 1.54) is 12.1 Å². The van der Waals surface area contributed by atoms with Gasteiger partial charge in [0.1, 0.15) is 11.3 Å². The van der Waals surface area contributed by atoms with Crippen molar-refractivity contribution in [2.75, 3.05) is 11.7 Å². The van der Waals surface area contributed by atoms with Gasteiger partial charge in [0.15, 0.2) is 23.3 Å². The van der Waals surface area contributed by atoms with Gasteiger partial charge in [-0.3, -0.25) is 9.55 Å². The Morgan fingerprint density at radius 2 is 1.78 bits per heavy atom. The number of imidazole rings is 1. The molecule has 11 heteroatoms. The number of hydrogen-bond acceptors (Lipinski definition) is 9. The maximum Gasteiger partial charge on any atom is 0.213 e. The number of rotatable bonds is 6. The number of nitrogens with zero attached hydrogens (tertiary/aromatic N) is 5. The minimum absolute atomic E-state index is 0.0690. The molecule has 0 saturated heterocycles. The van der Waals surface area contributed by atoms with Gasteiger partial charge in [0.05, 0.1) is 22.3 Å². The van der Waals surface area contributed by atoms with Gasteiger partial charge in [-0.25, -0.2) is 18.0 Å². The SMILES string of the molecule is Nc1nonc1-c1nc2cnccc2n1-c1ccccc1OCS(=O)(=O)c1ccccc1. The molecule has 0 unspecified atom stereocenters. The van der Waals surface area contributed by atoms with E-state index in [0.717, 1.165) is 0 Å². The van der Waals surface area contributed by atoms with Gasteiger partial charge < -0.3 is 10.5 Å². The van der Waals surface area contributed by atoms with E-state index < -0.39 is 15.8 Å². The van der Waals surface area contributed by atoms with E-state index in [2.05, 4.69) is 20.3 Å². The number of fused-ring (bicyclic) bond motifs is 1. The van der Waals surface area contributed by atoms with Gasteiger partial charge in [-0.1, -0.05) is 30.3 Å². The van der Waals surface area contributed by atoms with Crippen molar-refractivity contribution in [3.63, 3.8) is 0 Å². The topological polar surface area (TPSA) is 139 Å². The van der Waals surface area contributed by atoms with Gasteiger partial charge in [-0.05, 0) is 40.6 Å². The molecule has 0 fully saturated rings. The first-order valence-corrected chi connectivity index (χ1v) is 11.1. The molecule has 0 radical (unpaired) electrons. The highest BCUT2D eigenvalue weighted by atomic mass is 32.2. The van der Waals surface area contributed by atoms with E-state index in [9.17, 15) is 8.42 Å². The smallest absolute Gasteiger partial charge is 0.213 e. The van der Waals surface area contributed by atoms with Crippen LogP contribution >= 0.6 is 0 Å². The number of pyridine rings is 1. The molecule has 0 atom stereocenters. The fourth-order valence-corrected chi connectivity index (χ4v) is 4.28. The maximum atomic E-state index is 12.7. The number of nitrogen functional groups attached to an aromatic ring is 1. The molecule has 0 aliphatic carbocycles. The first-order valence-electron chi connectivity index (χ1n) is 9.45. The molecule has 160 valence electrons. The maximum absolute atomic E-state index is 12.7. The van der Waals surface area contributed by atoms with Crippen LogP contribution < -0.4 is 10.5 Å². The van der Waals surface area contributed by atoms with Crippen LogP contribution in [0.25, 0.3) is 28.2 Å². The molecule has 0 spiro atoms. The molecule has 5 aromatic rings. The second-order valence-electron chi connectivity index (χ2n) is 6.79. The van der Waals surface area contributed by atoms with Gasteiger partial charge >= 0.3 is 0 Å². The summed E-state index contributed by atoms with van der Waals surface area (Å²) in [5.41, 5.74) is 7.97. The number of hydrogen-bond donors (Lipinski definition) is 1. The third kappa shape index (κ3) is 3.44. The summed E-state index contributed by atoms with van der Waals surface area (Å²) >= 11 is 0. The summed E-state index contributed by atoms with van der Waals surface area (Å²) in [6, 6.07) is 16.9. The summed E-state index contributed by atoms with van der Waals surface area (Å²) in [5.74, 6) is 0.221. The Balaban J connectivity index is 1.61. The van der Waals surface area contributed by atoms with Crippen LogP contribution in [0.1, 0.15) is 0 Å². The van der Waals surface area contributed by atoms with E-state index in [-0.39, 0.29) is 16.4 Å². The van der Waals surface area contributed by atoms with Crippen LogP contribution in [0.15, 0.2) is 82.6 Å². The molecule has 0 aliphatic heterocycles. The van der Waals surface area contributed by atoms with E-state index in [1.54, 1.807) is 65.5 Å². The minimum Gasteiger partial charge on any atom is -0.475 e. The van der Waals surface area contributed by atoms with E-state index >= 15 is 0 Å². The average Bonchev–Trinajstić information content (AvgIpc) is 3.41. The highest BCUT2D eigenvalue weighted by Gasteiger charge is 2.23. The Bertz CT molecular complexity index is 1510. The van der Waals surface area contributed by atoms with Crippen LogP contribution in [0.3, 0.4) is 0 Å². The predicted molar refractivity (Wildman–Crippen MR) is 116 cm³/mol. The summed E-state index contributed by atoms with van der Waals surface area (Å²) < 4.78 is 37.7. The summed E-state index contributed by atoms with van der Waals surface area (Å²) in [5, 5.41) is 7.51. The predicted octanol–water partition coefficient (Wildman–Crippen LogP) is 2.86. The van der Waals surface area contributed by atoms with Gasteiger partial charge in [0, 0.05) is 6.20 Å². The highest BCUT2D eigenvalue weighted by molar-refractivity contribution is 7.91. The molecule has 0 amide bonds. The largest absolute Gasteiger partial charge is 0.475 e. The van der Waals surface area contributed by atoms with E-state index in [0.29, 0.717) is 28.3 Å². The zero-order valence-electron chi connectivity index (χ0n) is 16.5. The summed E-state index contributed by atoms with van der Waals surface area (Å²) in [6.45, 7) is 0. The quantitative estimate of drug-likeness (QED) is 0.415. The van der Waals surface area contributed by atoms with Crippen LogP contribution in [0.4, 0.5) is 5.82 Å². The Morgan fingerprint density at radius 3 is 2.56 bits per heavy atom. The molecular formula is C21H16N6O4S. The lowest BCUT2D eigenvalue weighted by Gasteiger charge is -2.14. The Labute approximate surface area is 182 Å². The van der Waals surface area contributed by atoms with Crippen LogP contribution in [-0.4, -0.2) is 39.2 Å². The first-order chi connectivity index (χ1) is 15.5. The zero-order valence-corrected chi connectivity index (χ0v) is 17.3. The van der Waals surface area contributed by atoms with Crippen molar-refractivity contribution in [2.24, 2.45) is 0 Å². The van der Waals surface area contributed by atoms with Gasteiger partial charge in [0.25, 0.3) is 0 Å². The van der Waals surface area contributed by atoms with Crippen molar-refractivity contribution < 1.29 is 17.8 Å². The number of para-hydroxylation sites is 2. The van der Waals surface area contributed by atoms with Crippen LogP contribution in [-0.2, 0) is 9.84 Å². The average molecular weight is 448 g/mol. The number of anilines is 1. The molecule has 3 aromatic heterocycles. The fourth-order valence-electron chi connectivity index (χ4n) is 3.29. The van der Waals surface area contributed by atoms with Crippen LogP contribution in [0.5, 0.6) is 5.75 Å². The summed E-state index contributed by atoms with van der Waals surface area (Å²) in [4.78, 5) is 8.87. The molecule has 32 heavy (non-hydrogen) atoms. The van der Waals surface area contributed by atoms with Crippen molar-refractivity contribution >= 4 is 26.7 Å². The lowest BCUT2D eigenvalue weighted by atomic mass is 10.2. The number of ether oxygens (including phenoxy) is 1.